The summed E-state index contributed by atoms with van der Waals surface area (Å²) in [5.74, 6) is 1.12. The molecule has 34 heavy (non-hydrogen) atoms. The van der Waals surface area contributed by atoms with Crippen molar-refractivity contribution >= 4 is 17.6 Å². The molecule has 1 amide bonds. The lowest BCUT2D eigenvalue weighted by molar-refractivity contribution is 0.0976. The van der Waals surface area contributed by atoms with Crippen molar-refractivity contribution in [2.24, 2.45) is 4.99 Å². The van der Waals surface area contributed by atoms with Crippen LogP contribution >= 0.6 is 0 Å². The molecule has 0 fully saturated rings. The second kappa shape index (κ2) is 11.4. The van der Waals surface area contributed by atoms with Gasteiger partial charge >= 0.3 is 0 Å². The van der Waals surface area contributed by atoms with Crippen LogP contribution < -0.4 is 20.1 Å². The van der Waals surface area contributed by atoms with Gasteiger partial charge in [0, 0.05) is 30.0 Å². The van der Waals surface area contributed by atoms with E-state index in [0.717, 1.165) is 35.6 Å². The summed E-state index contributed by atoms with van der Waals surface area (Å²) in [6.45, 7) is 9.52. The lowest BCUT2D eigenvalue weighted by atomic mass is 10.1. The van der Waals surface area contributed by atoms with Crippen LogP contribution in [0.2, 0.25) is 0 Å². The molecule has 2 aromatic carbocycles. The van der Waals surface area contributed by atoms with E-state index in [1.54, 1.807) is 25.3 Å². The molecule has 1 heterocycles. The molecule has 1 aromatic heterocycles. The Labute approximate surface area is 201 Å². The van der Waals surface area contributed by atoms with Gasteiger partial charge in [0.1, 0.15) is 0 Å². The Bertz CT molecular complexity index is 1180. The van der Waals surface area contributed by atoms with Crippen molar-refractivity contribution in [2.75, 3.05) is 26.1 Å². The number of aryl methyl sites for hydroxylation is 3. The molecule has 0 atom stereocenters. The summed E-state index contributed by atoms with van der Waals surface area (Å²) in [7, 11) is 3.10. The molecular formula is C26H33N5O3. The zero-order valence-electron chi connectivity index (χ0n) is 20.7. The van der Waals surface area contributed by atoms with Gasteiger partial charge in [-0.1, -0.05) is 12.1 Å². The number of hydrogen-bond acceptors (Lipinski definition) is 5. The topological polar surface area (TPSA) is 89.8 Å². The van der Waals surface area contributed by atoms with E-state index in [4.69, 9.17) is 9.47 Å². The summed E-state index contributed by atoms with van der Waals surface area (Å²) in [4.78, 5) is 17.7. The molecule has 8 nitrogen and oxygen atoms in total. The molecule has 3 rings (SSSR count). The van der Waals surface area contributed by atoms with Gasteiger partial charge in [-0.25, -0.2) is 0 Å². The quantitative estimate of drug-likeness (QED) is 0.384. The van der Waals surface area contributed by atoms with Gasteiger partial charge in [-0.2, -0.15) is 5.10 Å². The SMILES string of the molecule is CCn1nc(C)c(CCN=C(NC(=O)c2ccc(OC)c(OC)c2)Nc2cccc(C)c2)c1C. The van der Waals surface area contributed by atoms with Crippen LogP contribution in [-0.4, -0.2) is 42.4 Å². The van der Waals surface area contributed by atoms with Crippen LogP contribution in [0.1, 0.15) is 39.8 Å². The molecule has 0 saturated heterocycles. The van der Waals surface area contributed by atoms with Crippen molar-refractivity contribution in [3.63, 3.8) is 0 Å². The van der Waals surface area contributed by atoms with Crippen LogP contribution in [0, 0.1) is 20.8 Å². The third-order valence-corrected chi connectivity index (χ3v) is 5.62. The molecule has 3 aromatic rings. The van der Waals surface area contributed by atoms with Crippen molar-refractivity contribution in [2.45, 2.75) is 40.7 Å². The fourth-order valence-electron chi connectivity index (χ4n) is 3.81. The molecule has 0 aliphatic heterocycles. The van der Waals surface area contributed by atoms with Gasteiger partial charge in [0.25, 0.3) is 5.91 Å². The Kier molecular flexibility index (Phi) is 8.29. The minimum absolute atomic E-state index is 0.300. The Morgan fingerprint density at radius 1 is 1.06 bits per heavy atom. The third kappa shape index (κ3) is 5.95. The van der Waals surface area contributed by atoms with Crippen molar-refractivity contribution < 1.29 is 14.3 Å². The number of guanidine groups is 1. The van der Waals surface area contributed by atoms with Gasteiger partial charge < -0.3 is 14.8 Å². The molecule has 0 spiro atoms. The maximum absolute atomic E-state index is 13.0. The highest BCUT2D eigenvalue weighted by Gasteiger charge is 2.14. The number of carbonyl (C=O) groups excluding carboxylic acids is 1. The lowest BCUT2D eigenvalue weighted by Crippen LogP contribution is -2.36. The number of rotatable bonds is 8. The van der Waals surface area contributed by atoms with E-state index in [0.29, 0.717) is 29.6 Å². The Morgan fingerprint density at radius 3 is 2.47 bits per heavy atom. The van der Waals surface area contributed by atoms with Crippen LogP contribution in [0.5, 0.6) is 11.5 Å². The molecule has 0 saturated carbocycles. The Hall–Kier alpha value is -3.81. The van der Waals surface area contributed by atoms with Crippen LogP contribution in [-0.2, 0) is 13.0 Å². The van der Waals surface area contributed by atoms with Crippen LogP contribution in [0.4, 0.5) is 5.69 Å². The smallest absolute Gasteiger partial charge is 0.258 e. The average molecular weight is 464 g/mol. The normalized spacial score (nSPS) is 11.3. The second-order valence-electron chi connectivity index (χ2n) is 7.96. The highest BCUT2D eigenvalue weighted by Crippen LogP contribution is 2.27. The van der Waals surface area contributed by atoms with Crippen LogP contribution in [0.15, 0.2) is 47.5 Å². The molecule has 0 aliphatic carbocycles. The van der Waals surface area contributed by atoms with E-state index in [1.807, 2.05) is 42.8 Å². The Balaban J connectivity index is 1.82. The van der Waals surface area contributed by atoms with Crippen molar-refractivity contribution in [1.82, 2.24) is 15.1 Å². The largest absolute Gasteiger partial charge is 0.493 e. The number of aliphatic imine (C=N–C) groups is 1. The average Bonchev–Trinajstić information content (AvgIpc) is 3.11. The molecule has 2 N–H and O–H groups in total. The van der Waals surface area contributed by atoms with Gasteiger partial charge in [-0.15, -0.1) is 0 Å². The van der Waals surface area contributed by atoms with E-state index in [1.165, 1.54) is 12.7 Å². The molecule has 0 radical (unpaired) electrons. The first-order valence-corrected chi connectivity index (χ1v) is 11.3. The standard InChI is InChI=1S/C26H33N5O3/c1-7-31-19(4)22(18(3)30-31)13-14-27-26(28-21-10-8-9-17(2)15-21)29-25(32)20-11-12-23(33-5)24(16-20)34-6/h8-12,15-16H,7,13-14H2,1-6H3,(H2,27,28,29,32). The number of benzene rings is 2. The number of amides is 1. The van der Waals surface area contributed by atoms with E-state index >= 15 is 0 Å². The maximum atomic E-state index is 13.0. The van der Waals surface area contributed by atoms with Gasteiger partial charge in [-0.3, -0.25) is 19.8 Å². The molecule has 0 unspecified atom stereocenters. The first kappa shape index (κ1) is 24.8. The van der Waals surface area contributed by atoms with Crippen molar-refractivity contribution in [3.8, 4) is 11.5 Å². The monoisotopic (exact) mass is 463 g/mol. The lowest BCUT2D eigenvalue weighted by Gasteiger charge is -2.14. The summed E-state index contributed by atoms with van der Waals surface area (Å²) in [6.07, 6.45) is 0.725. The fraction of sp³-hybridized carbons (Fsp3) is 0.346. The fourth-order valence-corrected chi connectivity index (χ4v) is 3.81. The highest BCUT2D eigenvalue weighted by atomic mass is 16.5. The number of hydrogen-bond donors (Lipinski definition) is 2. The number of methoxy groups -OCH3 is 2. The zero-order valence-corrected chi connectivity index (χ0v) is 20.7. The van der Waals surface area contributed by atoms with E-state index in [-0.39, 0.29) is 5.91 Å². The zero-order chi connectivity index (χ0) is 24.7. The molecular weight excluding hydrogens is 430 g/mol. The first-order chi connectivity index (χ1) is 16.4. The van der Waals surface area contributed by atoms with Gasteiger partial charge in [-0.05, 0) is 75.6 Å². The summed E-state index contributed by atoms with van der Waals surface area (Å²) in [5.41, 5.74) is 5.74. The van der Waals surface area contributed by atoms with Gasteiger partial charge in [0.15, 0.2) is 11.5 Å². The highest BCUT2D eigenvalue weighted by molar-refractivity contribution is 6.10. The Morgan fingerprint density at radius 2 is 1.82 bits per heavy atom. The summed E-state index contributed by atoms with van der Waals surface area (Å²) >= 11 is 0. The van der Waals surface area contributed by atoms with E-state index < -0.39 is 0 Å². The van der Waals surface area contributed by atoms with Crippen molar-refractivity contribution in [3.05, 3.63) is 70.5 Å². The number of ether oxygens (including phenoxy) is 2. The number of anilines is 1. The molecule has 180 valence electrons. The first-order valence-electron chi connectivity index (χ1n) is 11.3. The predicted octanol–water partition coefficient (Wildman–Crippen LogP) is 4.29. The van der Waals surface area contributed by atoms with Crippen LogP contribution in [0.25, 0.3) is 0 Å². The maximum Gasteiger partial charge on any atom is 0.258 e. The van der Waals surface area contributed by atoms with E-state index in [9.17, 15) is 4.79 Å². The summed E-state index contributed by atoms with van der Waals surface area (Å²) in [6, 6.07) is 12.9. The molecule has 0 bridgehead atoms. The minimum atomic E-state index is -0.300. The van der Waals surface area contributed by atoms with Gasteiger partial charge in [0.05, 0.1) is 19.9 Å². The number of carbonyl (C=O) groups is 1. The number of nitrogens with zero attached hydrogens (tertiary/aromatic N) is 3. The number of nitrogens with one attached hydrogen (secondary N) is 2. The number of aromatic nitrogens is 2. The second-order valence-corrected chi connectivity index (χ2v) is 7.96. The minimum Gasteiger partial charge on any atom is -0.493 e. The molecule has 8 heteroatoms. The predicted molar refractivity (Wildman–Crippen MR) is 135 cm³/mol. The summed E-state index contributed by atoms with van der Waals surface area (Å²) in [5, 5.41) is 10.7. The molecule has 0 aliphatic rings. The van der Waals surface area contributed by atoms with Gasteiger partial charge in [0.2, 0.25) is 5.96 Å². The van der Waals surface area contributed by atoms with Crippen LogP contribution in [0.3, 0.4) is 0 Å². The van der Waals surface area contributed by atoms with E-state index in [2.05, 4.69) is 34.6 Å². The summed E-state index contributed by atoms with van der Waals surface area (Å²) < 4.78 is 12.6. The third-order valence-electron chi connectivity index (χ3n) is 5.62. The van der Waals surface area contributed by atoms with Crippen molar-refractivity contribution in [1.29, 1.82) is 0 Å².